The maximum absolute atomic E-state index is 13.9. The van der Waals surface area contributed by atoms with Crippen LogP contribution in [-0.4, -0.2) is 26.3 Å². The molecular formula is C21H24FN3O2. The van der Waals surface area contributed by atoms with Crippen LogP contribution in [0.15, 0.2) is 47.5 Å². The van der Waals surface area contributed by atoms with Crippen LogP contribution in [0, 0.1) is 5.82 Å². The predicted octanol–water partition coefficient (Wildman–Crippen LogP) is 3.09. The minimum absolute atomic E-state index is 0.192. The highest BCUT2D eigenvalue weighted by Crippen LogP contribution is 2.47. The Morgan fingerprint density at radius 2 is 2.00 bits per heavy atom. The van der Waals surface area contributed by atoms with E-state index in [9.17, 15) is 4.39 Å². The Kier molecular flexibility index (Phi) is 4.99. The second-order valence-electron chi connectivity index (χ2n) is 7.09. The first-order valence-electron chi connectivity index (χ1n) is 9.22. The molecule has 0 spiro atoms. The van der Waals surface area contributed by atoms with Crippen LogP contribution >= 0.6 is 0 Å². The maximum Gasteiger partial charge on any atom is 0.191 e. The van der Waals surface area contributed by atoms with Gasteiger partial charge in [-0.25, -0.2) is 4.39 Å². The quantitative estimate of drug-likeness (QED) is 0.628. The summed E-state index contributed by atoms with van der Waals surface area (Å²) in [6, 6.07) is 13.5. The van der Waals surface area contributed by atoms with Crippen LogP contribution < -0.4 is 15.4 Å². The topological polar surface area (TPSA) is 54.9 Å². The summed E-state index contributed by atoms with van der Waals surface area (Å²) in [6.07, 6.45) is 2.35. The molecule has 4 rings (SSSR count). The number of nitrogens with one attached hydrogen (secondary N) is 2. The highest BCUT2D eigenvalue weighted by molar-refractivity contribution is 5.80. The zero-order chi connectivity index (χ0) is 18.7. The summed E-state index contributed by atoms with van der Waals surface area (Å²) in [5.41, 5.74) is 3.06. The molecule has 5 nitrogen and oxygen atoms in total. The van der Waals surface area contributed by atoms with Crippen LogP contribution in [0.5, 0.6) is 5.75 Å². The van der Waals surface area contributed by atoms with E-state index in [1.54, 1.807) is 7.05 Å². The summed E-state index contributed by atoms with van der Waals surface area (Å²) in [5.74, 6) is 1.11. The molecule has 142 valence electrons. The molecule has 1 heterocycles. The van der Waals surface area contributed by atoms with Gasteiger partial charge in [-0.2, -0.15) is 0 Å². The Labute approximate surface area is 158 Å². The molecule has 0 aromatic heterocycles. The van der Waals surface area contributed by atoms with Crippen molar-refractivity contribution in [3.05, 3.63) is 65.0 Å². The smallest absolute Gasteiger partial charge is 0.191 e. The highest BCUT2D eigenvalue weighted by Gasteiger charge is 2.44. The van der Waals surface area contributed by atoms with E-state index in [-0.39, 0.29) is 18.0 Å². The Hall–Kier alpha value is -2.60. The number of ether oxygens (including phenoxy) is 2. The normalized spacial score (nSPS) is 17.6. The van der Waals surface area contributed by atoms with Crippen molar-refractivity contribution in [1.82, 2.24) is 10.6 Å². The second-order valence-corrected chi connectivity index (χ2v) is 7.09. The van der Waals surface area contributed by atoms with E-state index in [1.165, 1.54) is 30.5 Å². The Morgan fingerprint density at radius 3 is 2.74 bits per heavy atom. The zero-order valence-electron chi connectivity index (χ0n) is 15.4. The van der Waals surface area contributed by atoms with E-state index in [1.807, 2.05) is 6.07 Å². The van der Waals surface area contributed by atoms with Gasteiger partial charge in [0.25, 0.3) is 0 Å². The van der Waals surface area contributed by atoms with E-state index in [0.29, 0.717) is 24.9 Å². The number of halogens is 1. The highest BCUT2D eigenvalue weighted by atomic mass is 19.1. The molecule has 6 heteroatoms. The van der Waals surface area contributed by atoms with Crippen LogP contribution in [0.4, 0.5) is 4.39 Å². The van der Waals surface area contributed by atoms with Crippen molar-refractivity contribution in [1.29, 1.82) is 0 Å². The number of rotatable bonds is 5. The summed E-state index contributed by atoms with van der Waals surface area (Å²) in [4.78, 5) is 4.30. The van der Waals surface area contributed by atoms with Gasteiger partial charge < -0.3 is 20.1 Å². The van der Waals surface area contributed by atoms with Gasteiger partial charge in [-0.1, -0.05) is 30.3 Å². The lowest BCUT2D eigenvalue weighted by Gasteiger charge is -2.22. The lowest BCUT2D eigenvalue weighted by Crippen LogP contribution is -2.41. The number of fused-ring (bicyclic) bond motifs is 1. The molecular weight excluding hydrogens is 345 g/mol. The van der Waals surface area contributed by atoms with Gasteiger partial charge in [0, 0.05) is 36.7 Å². The third-order valence-electron chi connectivity index (χ3n) is 5.26. The summed E-state index contributed by atoms with van der Waals surface area (Å²) >= 11 is 0. The molecule has 0 unspecified atom stereocenters. The molecule has 0 bridgehead atoms. The SMILES string of the molecule is CN=C(NCc1cc(F)cc2c1OCOC2)NCC1(c2ccccc2)CC1. The lowest BCUT2D eigenvalue weighted by atomic mass is 9.96. The molecule has 0 atom stereocenters. The number of nitrogens with zero attached hydrogens (tertiary/aromatic N) is 1. The van der Waals surface area contributed by atoms with E-state index in [4.69, 9.17) is 9.47 Å². The fourth-order valence-electron chi connectivity index (χ4n) is 3.55. The van der Waals surface area contributed by atoms with Crippen molar-refractivity contribution < 1.29 is 13.9 Å². The van der Waals surface area contributed by atoms with Crippen molar-refractivity contribution in [3.63, 3.8) is 0 Å². The third-order valence-corrected chi connectivity index (χ3v) is 5.26. The van der Waals surface area contributed by atoms with Crippen LogP contribution in [0.2, 0.25) is 0 Å². The predicted molar refractivity (Wildman–Crippen MR) is 102 cm³/mol. The van der Waals surface area contributed by atoms with E-state index in [2.05, 4.69) is 39.9 Å². The molecule has 1 fully saturated rings. The first-order chi connectivity index (χ1) is 13.2. The van der Waals surface area contributed by atoms with Gasteiger partial charge in [0.05, 0.1) is 6.61 Å². The molecule has 2 N–H and O–H groups in total. The largest absolute Gasteiger partial charge is 0.467 e. The average molecular weight is 369 g/mol. The molecule has 1 aliphatic heterocycles. The Morgan fingerprint density at radius 1 is 1.19 bits per heavy atom. The first kappa shape index (κ1) is 17.8. The number of hydrogen-bond acceptors (Lipinski definition) is 3. The van der Waals surface area contributed by atoms with Gasteiger partial charge in [-0.3, -0.25) is 4.99 Å². The molecule has 0 radical (unpaired) electrons. The number of hydrogen-bond donors (Lipinski definition) is 2. The van der Waals surface area contributed by atoms with E-state index in [0.717, 1.165) is 17.7 Å². The van der Waals surface area contributed by atoms with Crippen LogP contribution in [-0.2, 0) is 23.3 Å². The maximum atomic E-state index is 13.9. The molecule has 2 aromatic carbocycles. The molecule has 1 saturated carbocycles. The second kappa shape index (κ2) is 7.56. The van der Waals surface area contributed by atoms with Crippen molar-refractivity contribution in [2.45, 2.75) is 31.4 Å². The molecule has 0 saturated heterocycles. The first-order valence-corrected chi connectivity index (χ1v) is 9.22. The van der Waals surface area contributed by atoms with Crippen molar-refractivity contribution in [3.8, 4) is 5.75 Å². The molecule has 2 aromatic rings. The minimum atomic E-state index is -0.288. The van der Waals surface area contributed by atoms with E-state index >= 15 is 0 Å². The summed E-state index contributed by atoms with van der Waals surface area (Å²) in [5, 5.41) is 6.68. The number of benzene rings is 2. The molecule has 27 heavy (non-hydrogen) atoms. The van der Waals surface area contributed by atoms with Gasteiger partial charge in [0.15, 0.2) is 12.8 Å². The monoisotopic (exact) mass is 369 g/mol. The van der Waals surface area contributed by atoms with Gasteiger partial charge in [-0.05, 0) is 30.5 Å². The van der Waals surface area contributed by atoms with Crippen LogP contribution in [0.25, 0.3) is 0 Å². The zero-order valence-corrected chi connectivity index (χ0v) is 15.4. The number of aliphatic imine (C=N–C) groups is 1. The van der Waals surface area contributed by atoms with Crippen LogP contribution in [0.3, 0.4) is 0 Å². The van der Waals surface area contributed by atoms with Crippen molar-refractivity contribution in [2.75, 3.05) is 20.4 Å². The number of guanidine groups is 1. The van der Waals surface area contributed by atoms with Gasteiger partial charge in [-0.15, -0.1) is 0 Å². The van der Waals surface area contributed by atoms with Gasteiger partial charge in [0.1, 0.15) is 11.6 Å². The van der Waals surface area contributed by atoms with Crippen molar-refractivity contribution >= 4 is 5.96 Å². The fourth-order valence-corrected chi connectivity index (χ4v) is 3.55. The van der Waals surface area contributed by atoms with Gasteiger partial charge in [0.2, 0.25) is 0 Å². The van der Waals surface area contributed by atoms with Crippen molar-refractivity contribution in [2.24, 2.45) is 4.99 Å². The third kappa shape index (κ3) is 3.90. The molecule has 1 aliphatic carbocycles. The van der Waals surface area contributed by atoms with Crippen LogP contribution in [0.1, 0.15) is 29.5 Å². The minimum Gasteiger partial charge on any atom is -0.467 e. The average Bonchev–Trinajstić information content (AvgIpc) is 3.50. The summed E-state index contributed by atoms with van der Waals surface area (Å²) in [6.45, 7) is 1.81. The summed E-state index contributed by atoms with van der Waals surface area (Å²) < 4.78 is 24.7. The standard InChI is InChI=1S/C21H24FN3O2/c1-23-20(25-13-21(7-8-21)17-5-3-2-4-6-17)24-11-15-9-18(22)10-16-12-26-14-27-19(15)16/h2-6,9-10H,7-8,11-14H2,1H3,(H2,23,24,25). The Balaban J connectivity index is 1.39. The molecule has 2 aliphatic rings. The molecule has 0 amide bonds. The van der Waals surface area contributed by atoms with E-state index < -0.39 is 0 Å². The van der Waals surface area contributed by atoms with Gasteiger partial charge >= 0.3 is 0 Å². The summed E-state index contributed by atoms with van der Waals surface area (Å²) in [7, 11) is 1.74. The lowest BCUT2D eigenvalue weighted by molar-refractivity contribution is -0.0172. The fraction of sp³-hybridized carbons (Fsp3) is 0.381. The Bertz CT molecular complexity index is 835.